The third-order valence-corrected chi connectivity index (χ3v) is 2.93. The molecule has 2 atom stereocenters. The standard InChI is InChI=1S/C11H20N2O2/c1-4-5-8(2)11(15)13-7-6-12-10(14)9(13)3/h8-9H,4-7H2,1-3H3,(H,12,14). The number of hydrogen-bond donors (Lipinski definition) is 1. The molecular formula is C11H20N2O2. The molecular weight excluding hydrogens is 192 g/mol. The van der Waals surface area contributed by atoms with E-state index in [1.165, 1.54) is 0 Å². The van der Waals surface area contributed by atoms with E-state index in [-0.39, 0.29) is 23.8 Å². The van der Waals surface area contributed by atoms with Crippen molar-refractivity contribution in [3.8, 4) is 0 Å². The summed E-state index contributed by atoms with van der Waals surface area (Å²) in [7, 11) is 0. The Kier molecular flexibility index (Phi) is 4.12. The molecule has 4 nitrogen and oxygen atoms in total. The molecule has 0 bridgehead atoms. The monoisotopic (exact) mass is 212 g/mol. The number of piperazine rings is 1. The van der Waals surface area contributed by atoms with Gasteiger partial charge < -0.3 is 10.2 Å². The summed E-state index contributed by atoms with van der Waals surface area (Å²) in [5.74, 6) is 0.0980. The van der Waals surface area contributed by atoms with Gasteiger partial charge in [0.15, 0.2) is 0 Å². The Labute approximate surface area is 91.0 Å². The van der Waals surface area contributed by atoms with Gasteiger partial charge in [-0.05, 0) is 13.3 Å². The molecule has 86 valence electrons. The van der Waals surface area contributed by atoms with Gasteiger partial charge in [-0.25, -0.2) is 0 Å². The van der Waals surface area contributed by atoms with Crippen LogP contribution >= 0.6 is 0 Å². The van der Waals surface area contributed by atoms with E-state index in [9.17, 15) is 9.59 Å². The van der Waals surface area contributed by atoms with Crippen molar-refractivity contribution in [2.24, 2.45) is 5.92 Å². The summed E-state index contributed by atoms with van der Waals surface area (Å²) in [5, 5.41) is 2.75. The van der Waals surface area contributed by atoms with Crippen LogP contribution in [0.1, 0.15) is 33.6 Å². The molecule has 1 N–H and O–H groups in total. The summed E-state index contributed by atoms with van der Waals surface area (Å²) in [5.41, 5.74) is 0. The van der Waals surface area contributed by atoms with Crippen molar-refractivity contribution in [2.75, 3.05) is 13.1 Å². The average Bonchev–Trinajstić information content (AvgIpc) is 2.21. The Morgan fingerprint density at radius 3 is 2.93 bits per heavy atom. The Balaban J connectivity index is 2.61. The van der Waals surface area contributed by atoms with Crippen LogP contribution in [-0.2, 0) is 9.59 Å². The van der Waals surface area contributed by atoms with Crippen molar-refractivity contribution in [1.29, 1.82) is 0 Å². The predicted molar refractivity (Wildman–Crippen MR) is 58.3 cm³/mol. The fraction of sp³-hybridized carbons (Fsp3) is 0.818. The molecule has 0 aromatic rings. The number of carbonyl (C=O) groups excluding carboxylic acids is 2. The fourth-order valence-corrected chi connectivity index (χ4v) is 1.92. The van der Waals surface area contributed by atoms with E-state index >= 15 is 0 Å². The molecule has 0 aromatic heterocycles. The molecule has 1 fully saturated rings. The zero-order chi connectivity index (χ0) is 11.4. The molecule has 2 unspecified atom stereocenters. The van der Waals surface area contributed by atoms with Gasteiger partial charge in [-0.1, -0.05) is 20.3 Å². The van der Waals surface area contributed by atoms with E-state index < -0.39 is 0 Å². The highest BCUT2D eigenvalue weighted by Gasteiger charge is 2.31. The lowest BCUT2D eigenvalue weighted by atomic mass is 10.0. The summed E-state index contributed by atoms with van der Waals surface area (Å²) >= 11 is 0. The molecule has 0 radical (unpaired) electrons. The molecule has 0 aliphatic carbocycles. The second-order valence-electron chi connectivity index (χ2n) is 4.19. The smallest absolute Gasteiger partial charge is 0.242 e. The van der Waals surface area contributed by atoms with Crippen molar-refractivity contribution in [3.63, 3.8) is 0 Å². The number of nitrogens with one attached hydrogen (secondary N) is 1. The minimum absolute atomic E-state index is 0.0309. The first-order valence-electron chi connectivity index (χ1n) is 5.66. The Morgan fingerprint density at radius 1 is 1.67 bits per heavy atom. The number of carbonyl (C=O) groups is 2. The van der Waals surface area contributed by atoms with Crippen molar-refractivity contribution in [3.05, 3.63) is 0 Å². The van der Waals surface area contributed by atoms with Gasteiger partial charge in [-0.2, -0.15) is 0 Å². The molecule has 1 aliphatic heterocycles. The highest BCUT2D eigenvalue weighted by atomic mass is 16.2. The average molecular weight is 212 g/mol. The molecule has 0 saturated carbocycles. The maximum Gasteiger partial charge on any atom is 0.242 e. The van der Waals surface area contributed by atoms with Gasteiger partial charge in [0.05, 0.1) is 0 Å². The first-order chi connectivity index (χ1) is 7.07. The second kappa shape index (κ2) is 5.14. The van der Waals surface area contributed by atoms with Crippen molar-refractivity contribution in [1.82, 2.24) is 10.2 Å². The Hall–Kier alpha value is -1.06. The molecule has 0 aromatic carbocycles. The van der Waals surface area contributed by atoms with E-state index in [0.29, 0.717) is 13.1 Å². The lowest BCUT2D eigenvalue weighted by molar-refractivity contribution is -0.145. The zero-order valence-electron chi connectivity index (χ0n) is 9.75. The Bertz CT molecular complexity index is 253. The first-order valence-corrected chi connectivity index (χ1v) is 5.66. The maximum atomic E-state index is 12.0. The van der Waals surface area contributed by atoms with E-state index in [0.717, 1.165) is 12.8 Å². The number of rotatable bonds is 3. The minimum atomic E-state index is -0.314. The van der Waals surface area contributed by atoms with Crippen LogP contribution < -0.4 is 5.32 Å². The van der Waals surface area contributed by atoms with E-state index in [4.69, 9.17) is 0 Å². The molecule has 2 amide bonds. The van der Waals surface area contributed by atoms with Crippen LogP contribution in [0.5, 0.6) is 0 Å². The lowest BCUT2D eigenvalue weighted by Crippen LogP contribution is -2.56. The van der Waals surface area contributed by atoms with Gasteiger partial charge in [0.25, 0.3) is 0 Å². The molecule has 1 saturated heterocycles. The third kappa shape index (κ3) is 2.70. The fourth-order valence-electron chi connectivity index (χ4n) is 1.92. The van der Waals surface area contributed by atoms with Gasteiger partial charge in [-0.3, -0.25) is 9.59 Å². The van der Waals surface area contributed by atoms with Crippen molar-refractivity contribution < 1.29 is 9.59 Å². The van der Waals surface area contributed by atoms with Crippen LogP contribution in [0.25, 0.3) is 0 Å². The van der Waals surface area contributed by atoms with Gasteiger partial charge >= 0.3 is 0 Å². The van der Waals surface area contributed by atoms with Gasteiger partial charge in [0.1, 0.15) is 6.04 Å². The first kappa shape index (κ1) is 12.0. The summed E-state index contributed by atoms with van der Waals surface area (Å²) in [6.45, 7) is 7.00. The summed E-state index contributed by atoms with van der Waals surface area (Å²) < 4.78 is 0. The van der Waals surface area contributed by atoms with E-state index in [2.05, 4.69) is 12.2 Å². The molecule has 1 rings (SSSR count). The highest BCUT2D eigenvalue weighted by molar-refractivity contribution is 5.89. The van der Waals surface area contributed by atoms with Gasteiger partial charge in [0.2, 0.25) is 11.8 Å². The third-order valence-electron chi connectivity index (χ3n) is 2.93. The summed E-state index contributed by atoms with van der Waals surface area (Å²) in [6, 6.07) is -0.314. The molecule has 1 aliphatic rings. The van der Waals surface area contributed by atoms with Crippen LogP contribution in [0.3, 0.4) is 0 Å². The van der Waals surface area contributed by atoms with E-state index in [1.807, 2.05) is 6.92 Å². The van der Waals surface area contributed by atoms with Crippen LogP contribution in [-0.4, -0.2) is 35.8 Å². The van der Waals surface area contributed by atoms with Gasteiger partial charge in [-0.15, -0.1) is 0 Å². The van der Waals surface area contributed by atoms with Crippen molar-refractivity contribution >= 4 is 11.8 Å². The molecule has 0 spiro atoms. The van der Waals surface area contributed by atoms with Crippen LogP contribution in [0.4, 0.5) is 0 Å². The number of hydrogen-bond acceptors (Lipinski definition) is 2. The summed E-state index contributed by atoms with van der Waals surface area (Å²) in [6.07, 6.45) is 1.89. The number of amides is 2. The maximum absolute atomic E-state index is 12.0. The lowest BCUT2D eigenvalue weighted by Gasteiger charge is -2.34. The predicted octanol–water partition coefficient (Wildman–Crippen LogP) is 0.769. The zero-order valence-corrected chi connectivity index (χ0v) is 9.75. The quantitative estimate of drug-likeness (QED) is 0.751. The van der Waals surface area contributed by atoms with Crippen LogP contribution in [0.2, 0.25) is 0 Å². The van der Waals surface area contributed by atoms with E-state index in [1.54, 1.807) is 11.8 Å². The SMILES string of the molecule is CCCC(C)C(=O)N1CCNC(=O)C1C. The summed E-state index contributed by atoms with van der Waals surface area (Å²) in [4.78, 5) is 25.1. The van der Waals surface area contributed by atoms with Gasteiger partial charge in [0, 0.05) is 19.0 Å². The number of nitrogens with zero attached hydrogens (tertiary/aromatic N) is 1. The molecule has 4 heteroatoms. The molecule has 1 heterocycles. The highest BCUT2D eigenvalue weighted by Crippen LogP contribution is 2.13. The molecule has 15 heavy (non-hydrogen) atoms. The Morgan fingerprint density at radius 2 is 2.33 bits per heavy atom. The van der Waals surface area contributed by atoms with Crippen LogP contribution in [0, 0.1) is 5.92 Å². The van der Waals surface area contributed by atoms with Crippen LogP contribution in [0.15, 0.2) is 0 Å². The second-order valence-corrected chi connectivity index (χ2v) is 4.19. The van der Waals surface area contributed by atoms with Crippen molar-refractivity contribution in [2.45, 2.75) is 39.7 Å². The minimum Gasteiger partial charge on any atom is -0.353 e. The topological polar surface area (TPSA) is 49.4 Å². The normalized spacial score (nSPS) is 23.5. The largest absolute Gasteiger partial charge is 0.353 e.